The number of rotatable bonds is 13. The van der Waals surface area contributed by atoms with Gasteiger partial charge in [0.1, 0.15) is 0 Å². The molecule has 0 aromatic rings. The van der Waals surface area contributed by atoms with Gasteiger partial charge in [-0.3, -0.25) is 4.55 Å². The van der Waals surface area contributed by atoms with Crippen LogP contribution < -0.4 is 0 Å². The quantitative estimate of drug-likeness (QED) is 0.238. The van der Waals surface area contributed by atoms with E-state index >= 15 is 0 Å². The molecule has 127 valence electrons. The van der Waals surface area contributed by atoms with Crippen molar-refractivity contribution < 1.29 is 26.7 Å². The second-order valence-corrected chi connectivity index (χ2v) is 6.11. The van der Waals surface area contributed by atoms with E-state index in [0.717, 1.165) is 19.3 Å². The molecule has 0 fully saturated rings. The first-order valence-electron chi connectivity index (χ1n) is 7.73. The van der Waals surface area contributed by atoms with Gasteiger partial charge in [-0.1, -0.05) is 58.8 Å². The maximum Gasteiger partial charge on any atom is 0.398 e. The first-order chi connectivity index (χ1) is 9.90. The molecule has 0 aromatic heterocycles. The number of carbonyl (C=O) groups is 1. The van der Waals surface area contributed by atoms with Crippen LogP contribution in [0, 0.1) is 0 Å². The van der Waals surface area contributed by atoms with Gasteiger partial charge in [0.15, 0.2) is 6.10 Å². The summed E-state index contributed by atoms with van der Waals surface area (Å²) in [5.41, 5.74) is 0. The number of hydrogen-bond acceptors (Lipinski definition) is 5. The summed E-state index contributed by atoms with van der Waals surface area (Å²) in [4.78, 5) is 11.5. The minimum Gasteiger partial charge on any atom is -0.464 e. The molecule has 0 aromatic carbocycles. The van der Waals surface area contributed by atoms with Crippen molar-refractivity contribution >= 4 is 45.9 Å². The Morgan fingerprint density at radius 2 is 1.50 bits per heavy atom. The first-order valence-corrected chi connectivity index (χ1v) is 9.09. The Morgan fingerprint density at radius 3 is 1.95 bits per heavy atom. The largest absolute Gasteiger partial charge is 0.464 e. The molecule has 1 atom stereocenters. The molecule has 0 aliphatic heterocycles. The second kappa shape index (κ2) is 14.9. The van der Waals surface area contributed by atoms with Crippen molar-refractivity contribution in [1.29, 1.82) is 0 Å². The molecule has 0 aliphatic carbocycles. The maximum atomic E-state index is 11.5. The van der Waals surface area contributed by atoms with Crippen molar-refractivity contribution in [3.05, 3.63) is 0 Å². The van der Waals surface area contributed by atoms with Crippen LogP contribution in [0.1, 0.15) is 71.6 Å². The topological polar surface area (TPSA) is 89.9 Å². The van der Waals surface area contributed by atoms with Crippen molar-refractivity contribution in [2.75, 3.05) is 6.61 Å². The normalized spacial score (nSPS) is 12.5. The molecule has 0 heterocycles. The fraction of sp³-hybridized carbons (Fsp3) is 0.929. The zero-order chi connectivity index (χ0) is 16.1. The molecule has 1 N–H and O–H groups in total. The van der Waals surface area contributed by atoms with E-state index in [4.69, 9.17) is 9.29 Å². The molecular weight excluding hydrogens is 319 g/mol. The summed E-state index contributed by atoms with van der Waals surface area (Å²) in [6.07, 6.45) is 7.92. The van der Waals surface area contributed by atoms with E-state index in [2.05, 4.69) is 11.1 Å². The van der Waals surface area contributed by atoms with Crippen LogP contribution in [0.15, 0.2) is 0 Å². The van der Waals surface area contributed by atoms with Crippen molar-refractivity contribution in [2.45, 2.75) is 77.7 Å². The molecule has 1 radical (unpaired) electrons. The van der Waals surface area contributed by atoms with Crippen molar-refractivity contribution in [2.24, 2.45) is 0 Å². The fourth-order valence-corrected chi connectivity index (χ4v) is 2.43. The van der Waals surface area contributed by atoms with Crippen LogP contribution in [0.5, 0.6) is 0 Å². The summed E-state index contributed by atoms with van der Waals surface area (Å²) in [5.74, 6) is -0.752. The van der Waals surface area contributed by atoms with E-state index < -0.39 is 22.5 Å². The van der Waals surface area contributed by atoms with E-state index in [0.29, 0.717) is 0 Å². The fourth-order valence-electron chi connectivity index (χ4n) is 1.92. The van der Waals surface area contributed by atoms with Gasteiger partial charge in [0.05, 0.1) is 6.61 Å². The zero-order valence-corrected chi connectivity index (χ0v) is 16.9. The predicted octanol–water partition coefficient (Wildman–Crippen LogP) is 2.89. The monoisotopic (exact) mass is 347 g/mol. The number of ether oxygens (including phenoxy) is 1. The third-order valence-electron chi connectivity index (χ3n) is 3.11. The summed E-state index contributed by atoms with van der Waals surface area (Å²) in [6, 6.07) is 0. The van der Waals surface area contributed by atoms with Crippen LogP contribution in [0.2, 0.25) is 0 Å². The smallest absolute Gasteiger partial charge is 0.398 e. The molecular formula is C14H28NaO6S. The maximum absolute atomic E-state index is 11.5. The van der Waals surface area contributed by atoms with E-state index in [-0.39, 0.29) is 42.6 Å². The van der Waals surface area contributed by atoms with Gasteiger partial charge in [-0.15, -0.1) is 0 Å². The third-order valence-corrected chi connectivity index (χ3v) is 3.59. The number of hydrogen-bond donors (Lipinski definition) is 1. The second-order valence-electron chi connectivity index (χ2n) is 5.06. The minimum atomic E-state index is -4.63. The van der Waals surface area contributed by atoms with Gasteiger partial charge < -0.3 is 4.74 Å². The summed E-state index contributed by atoms with van der Waals surface area (Å²) < 4.78 is 38.8. The van der Waals surface area contributed by atoms with Crippen LogP contribution in [0.25, 0.3) is 0 Å². The van der Waals surface area contributed by atoms with Crippen LogP contribution in [0.4, 0.5) is 0 Å². The van der Waals surface area contributed by atoms with Gasteiger partial charge in [0.2, 0.25) is 0 Å². The molecule has 0 aliphatic rings. The Kier molecular flexibility index (Phi) is 16.7. The van der Waals surface area contributed by atoms with Gasteiger partial charge in [0, 0.05) is 29.6 Å². The summed E-state index contributed by atoms with van der Waals surface area (Å²) in [6.45, 7) is 4.01. The van der Waals surface area contributed by atoms with E-state index in [1.165, 1.54) is 32.1 Å². The first kappa shape index (κ1) is 24.6. The predicted molar refractivity (Wildman–Crippen MR) is 86.0 cm³/mol. The average Bonchev–Trinajstić information content (AvgIpc) is 2.41. The van der Waals surface area contributed by atoms with E-state index in [9.17, 15) is 13.2 Å². The van der Waals surface area contributed by atoms with Crippen LogP contribution >= 0.6 is 0 Å². The third kappa shape index (κ3) is 15.2. The van der Waals surface area contributed by atoms with E-state index in [1.807, 2.05) is 0 Å². The van der Waals surface area contributed by atoms with Gasteiger partial charge in [-0.25, -0.2) is 8.98 Å². The zero-order valence-electron chi connectivity index (χ0n) is 14.0. The molecule has 6 nitrogen and oxygen atoms in total. The van der Waals surface area contributed by atoms with Crippen LogP contribution in [0.3, 0.4) is 0 Å². The van der Waals surface area contributed by atoms with Gasteiger partial charge >= 0.3 is 16.4 Å². The van der Waals surface area contributed by atoms with E-state index in [1.54, 1.807) is 6.92 Å². The molecule has 1 unspecified atom stereocenters. The molecule has 0 bridgehead atoms. The molecule has 0 amide bonds. The Morgan fingerprint density at radius 1 is 1.00 bits per heavy atom. The number of carbonyl (C=O) groups excluding carboxylic acids is 1. The minimum absolute atomic E-state index is 0. The molecule has 0 saturated carbocycles. The van der Waals surface area contributed by atoms with Gasteiger partial charge in [-0.2, -0.15) is 8.42 Å². The van der Waals surface area contributed by atoms with Crippen molar-refractivity contribution in [3.63, 3.8) is 0 Å². The molecule has 0 saturated heterocycles. The van der Waals surface area contributed by atoms with Crippen LogP contribution in [-0.2, 0) is 24.1 Å². The number of esters is 1. The van der Waals surface area contributed by atoms with Crippen LogP contribution in [-0.4, -0.2) is 61.2 Å². The molecule has 0 spiro atoms. The Bertz CT molecular complexity index is 372. The molecule has 8 heteroatoms. The molecule has 0 rings (SSSR count). The summed E-state index contributed by atoms with van der Waals surface area (Å²) in [7, 11) is -4.63. The Balaban J connectivity index is 0. The van der Waals surface area contributed by atoms with Crippen molar-refractivity contribution in [1.82, 2.24) is 0 Å². The SMILES string of the molecule is CCCCCCCCCCOC(=O)C(CC)OS(=O)(=O)O.[Na]. The average molecular weight is 347 g/mol. The molecule has 22 heavy (non-hydrogen) atoms. The number of unbranched alkanes of at least 4 members (excludes halogenated alkanes) is 7. The standard InChI is InChI=1S/C14H28O6S.Na/c1-3-5-6-7-8-9-10-11-12-19-14(15)13(4-2)20-21(16,17)18;/h13H,3-12H2,1-2H3,(H,16,17,18);. The summed E-state index contributed by atoms with van der Waals surface area (Å²) >= 11 is 0. The summed E-state index contributed by atoms with van der Waals surface area (Å²) in [5, 5.41) is 0. The Hall–Kier alpha value is 0.340. The van der Waals surface area contributed by atoms with Crippen molar-refractivity contribution in [3.8, 4) is 0 Å². The van der Waals surface area contributed by atoms with Gasteiger partial charge in [0.25, 0.3) is 0 Å². The van der Waals surface area contributed by atoms with Gasteiger partial charge in [-0.05, 0) is 12.8 Å². The Labute approximate surface area is 156 Å².